The van der Waals surface area contributed by atoms with Crippen LogP contribution in [0.25, 0.3) is 4.96 Å². The number of imide groups is 1. The summed E-state index contributed by atoms with van der Waals surface area (Å²) in [4.78, 5) is 46.6. The van der Waals surface area contributed by atoms with Crippen molar-refractivity contribution in [1.82, 2.24) is 19.6 Å². The van der Waals surface area contributed by atoms with E-state index in [2.05, 4.69) is 10.3 Å². The average Bonchev–Trinajstić information content (AvgIpc) is 3.37. The maximum Gasteiger partial charge on any atom is 0.325 e. The number of aryl methyl sites for hydroxylation is 3. The van der Waals surface area contributed by atoms with Gasteiger partial charge in [-0.1, -0.05) is 24.3 Å². The molecule has 3 amide bonds. The molecule has 30 heavy (non-hydrogen) atoms. The summed E-state index contributed by atoms with van der Waals surface area (Å²) >= 11 is 1.54. The van der Waals surface area contributed by atoms with Gasteiger partial charge < -0.3 is 5.32 Å². The Labute approximate surface area is 176 Å². The predicted molar refractivity (Wildman–Crippen MR) is 112 cm³/mol. The number of carbonyl (C=O) groups excluding carboxylic acids is 2. The number of fused-ring (bicyclic) bond motifs is 5. The Hall–Kier alpha value is -3.00. The van der Waals surface area contributed by atoms with E-state index in [0.29, 0.717) is 17.1 Å². The number of carbonyl (C=O) groups is 2. The van der Waals surface area contributed by atoms with Crippen LogP contribution in [0.4, 0.5) is 4.79 Å². The van der Waals surface area contributed by atoms with Crippen molar-refractivity contribution in [2.24, 2.45) is 0 Å². The van der Waals surface area contributed by atoms with Gasteiger partial charge in [0.05, 0.1) is 12.2 Å². The zero-order chi connectivity index (χ0) is 20.5. The molecule has 1 unspecified atom stereocenters. The number of rotatable bonds is 2. The number of nitrogens with one attached hydrogen (secondary N) is 1. The van der Waals surface area contributed by atoms with Gasteiger partial charge in [-0.15, -0.1) is 11.3 Å². The summed E-state index contributed by atoms with van der Waals surface area (Å²) in [5.74, 6) is -0.259. The van der Waals surface area contributed by atoms with E-state index in [1.807, 2.05) is 24.3 Å². The van der Waals surface area contributed by atoms with E-state index >= 15 is 0 Å². The van der Waals surface area contributed by atoms with Crippen molar-refractivity contribution in [2.75, 3.05) is 0 Å². The second-order valence-corrected chi connectivity index (χ2v) is 9.33. The molecular formula is C22H20N4O3S. The fourth-order valence-electron chi connectivity index (χ4n) is 5.12. The molecular weight excluding hydrogens is 400 g/mol. The van der Waals surface area contributed by atoms with Crippen LogP contribution in [0.3, 0.4) is 0 Å². The molecule has 152 valence electrons. The molecule has 1 fully saturated rings. The van der Waals surface area contributed by atoms with E-state index in [1.54, 1.807) is 15.7 Å². The standard InChI is InChI=1S/C22H20N4O3S/c27-18-11-14(23-21-26(18)16-7-3-4-8-17(16)30-21)12-25-19(28)22(24-20(25)29)10-9-13-5-1-2-6-15(13)22/h1-2,5-6,11H,3-4,7-10,12H2,(H,24,29). The third kappa shape index (κ3) is 2.37. The molecule has 1 saturated heterocycles. The fourth-order valence-corrected chi connectivity index (χ4v) is 6.35. The number of thiazole rings is 1. The fraction of sp³-hybridized carbons (Fsp3) is 0.364. The Morgan fingerprint density at radius 3 is 2.83 bits per heavy atom. The molecule has 2 aromatic heterocycles. The number of urea groups is 1. The Balaban J connectivity index is 1.36. The third-order valence-electron chi connectivity index (χ3n) is 6.56. The number of benzene rings is 1. The van der Waals surface area contributed by atoms with Crippen LogP contribution >= 0.6 is 11.3 Å². The van der Waals surface area contributed by atoms with Crippen molar-refractivity contribution in [1.29, 1.82) is 0 Å². The molecule has 6 rings (SSSR count). The molecule has 7 nitrogen and oxygen atoms in total. The zero-order valence-electron chi connectivity index (χ0n) is 16.3. The highest BCUT2D eigenvalue weighted by Gasteiger charge is 2.55. The van der Waals surface area contributed by atoms with Crippen molar-refractivity contribution in [3.05, 3.63) is 68.1 Å². The summed E-state index contributed by atoms with van der Waals surface area (Å²) in [6, 6.07) is 8.79. The Morgan fingerprint density at radius 1 is 1.10 bits per heavy atom. The van der Waals surface area contributed by atoms with Crippen LogP contribution in [0.1, 0.15) is 46.7 Å². The van der Waals surface area contributed by atoms with E-state index in [-0.39, 0.29) is 18.0 Å². The van der Waals surface area contributed by atoms with E-state index < -0.39 is 11.6 Å². The topological polar surface area (TPSA) is 83.8 Å². The van der Waals surface area contributed by atoms with Crippen LogP contribution in [0.5, 0.6) is 0 Å². The van der Waals surface area contributed by atoms with Gasteiger partial charge in [0, 0.05) is 16.6 Å². The minimum Gasteiger partial charge on any atom is -0.319 e. The number of hydrogen-bond donors (Lipinski definition) is 1. The number of amides is 3. The summed E-state index contributed by atoms with van der Waals surface area (Å²) in [5, 5.41) is 2.93. The van der Waals surface area contributed by atoms with Gasteiger partial charge in [0.1, 0.15) is 5.54 Å². The number of hydrogen-bond acceptors (Lipinski definition) is 5. The highest BCUT2D eigenvalue weighted by molar-refractivity contribution is 7.17. The maximum atomic E-state index is 13.3. The molecule has 2 aliphatic carbocycles. The van der Waals surface area contributed by atoms with Crippen molar-refractivity contribution in [3.8, 4) is 0 Å². The average molecular weight is 420 g/mol. The summed E-state index contributed by atoms with van der Waals surface area (Å²) < 4.78 is 1.70. The molecule has 3 heterocycles. The second-order valence-electron chi connectivity index (χ2n) is 8.27. The molecule has 1 aliphatic heterocycles. The third-order valence-corrected chi connectivity index (χ3v) is 7.70. The molecule has 1 N–H and O–H groups in total. The first kappa shape index (κ1) is 17.8. The number of nitrogens with zero attached hydrogens (tertiary/aromatic N) is 3. The SMILES string of the molecule is O=C1NC2(CCc3ccccc32)C(=O)N1Cc1cc(=O)n2c3c(sc2n1)CCCC3. The van der Waals surface area contributed by atoms with Crippen molar-refractivity contribution < 1.29 is 9.59 Å². The second kappa shape index (κ2) is 6.25. The Kier molecular flexibility index (Phi) is 3.71. The molecule has 0 saturated carbocycles. The van der Waals surface area contributed by atoms with Gasteiger partial charge in [0.2, 0.25) is 0 Å². The maximum absolute atomic E-state index is 13.3. The van der Waals surface area contributed by atoms with E-state index in [4.69, 9.17) is 0 Å². The lowest BCUT2D eigenvalue weighted by Gasteiger charge is -2.22. The lowest BCUT2D eigenvalue weighted by atomic mass is 9.92. The van der Waals surface area contributed by atoms with E-state index in [1.165, 1.54) is 15.8 Å². The first-order valence-corrected chi connectivity index (χ1v) is 11.1. The highest BCUT2D eigenvalue weighted by Crippen LogP contribution is 2.41. The first-order chi connectivity index (χ1) is 14.6. The quantitative estimate of drug-likeness (QED) is 0.646. The minimum atomic E-state index is -0.991. The van der Waals surface area contributed by atoms with E-state index in [0.717, 1.165) is 48.9 Å². The smallest absolute Gasteiger partial charge is 0.319 e. The normalized spacial score (nSPS) is 22.6. The zero-order valence-corrected chi connectivity index (χ0v) is 17.1. The molecule has 0 bridgehead atoms. The van der Waals surface area contributed by atoms with Crippen molar-refractivity contribution >= 4 is 28.2 Å². The summed E-state index contributed by atoms with van der Waals surface area (Å²) in [7, 11) is 0. The summed E-state index contributed by atoms with van der Waals surface area (Å²) in [6.45, 7) is 0.00287. The Morgan fingerprint density at radius 2 is 1.93 bits per heavy atom. The van der Waals surface area contributed by atoms with Crippen LogP contribution in [0.2, 0.25) is 0 Å². The van der Waals surface area contributed by atoms with Crippen LogP contribution in [0.15, 0.2) is 35.1 Å². The molecule has 1 atom stereocenters. The van der Waals surface area contributed by atoms with Gasteiger partial charge in [0.15, 0.2) is 4.96 Å². The molecule has 3 aliphatic rings. The van der Waals surface area contributed by atoms with Gasteiger partial charge in [0.25, 0.3) is 11.5 Å². The summed E-state index contributed by atoms with van der Waals surface area (Å²) in [6.07, 6.45) is 5.40. The molecule has 1 spiro atoms. The van der Waals surface area contributed by atoms with Crippen molar-refractivity contribution in [2.45, 2.75) is 50.6 Å². The van der Waals surface area contributed by atoms with Crippen LogP contribution in [-0.2, 0) is 36.1 Å². The van der Waals surface area contributed by atoms with Gasteiger partial charge in [-0.05, 0) is 49.7 Å². The lowest BCUT2D eigenvalue weighted by Crippen LogP contribution is -2.41. The number of aromatic nitrogens is 2. The van der Waals surface area contributed by atoms with Crippen LogP contribution in [-0.4, -0.2) is 26.2 Å². The van der Waals surface area contributed by atoms with Gasteiger partial charge in [-0.25, -0.2) is 9.78 Å². The van der Waals surface area contributed by atoms with Gasteiger partial charge in [-0.3, -0.25) is 18.9 Å². The summed E-state index contributed by atoms with van der Waals surface area (Å²) in [5.41, 5.74) is 2.36. The van der Waals surface area contributed by atoms with Crippen LogP contribution < -0.4 is 10.9 Å². The predicted octanol–water partition coefficient (Wildman–Crippen LogP) is 2.53. The van der Waals surface area contributed by atoms with Gasteiger partial charge >= 0.3 is 6.03 Å². The van der Waals surface area contributed by atoms with Gasteiger partial charge in [-0.2, -0.15) is 0 Å². The van der Waals surface area contributed by atoms with Crippen molar-refractivity contribution in [3.63, 3.8) is 0 Å². The molecule has 3 aromatic rings. The molecule has 0 radical (unpaired) electrons. The monoisotopic (exact) mass is 420 g/mol. The largest absolute Gasteiger partial charge is 0.325 e. The van der Waals surface area contributed by atoms with Crippen LogP contribution in [0, 0.1) is 0 Å². The highest BCUT2D eigenvalue weighted by atomic mass is 32.1. The van der Waals surface area contributed by atoms with E-state index in [9.17, 15) is 14.4 Å². The molecule has 1 aromatic carbocycles. The molecule has 8 heteroatoms. The Bertz CT molecular complexity index is 1290. The first-order valence-electron chi connectivity index (χ1n) is 10.3. The lowest BCUT2D eigenvalue weighted by molar-refractivity contribution is -0.132. The minimum absolute atomic E-state index is 0.00287.